The predicted octanol–water partition coefficient (Wildman–Crippen LogP) is 4.32. The van der Waals surface area contributed by atoms with E-state index in [1.165, 1.54) is 17.5 Å². The highest BCUT2D eigenvalue weighted by Gasteiger charge is 2.24. The Balaban J connectivity index is 1.61. The standard InChI is InChI=1S/C25H21N5O3S2/c1-18-23(24(31)29-35(32,33)17-21-9-5-6-14-27-21)28-25(34-18)30(16-20-7-3-2-4-8-20)22-12-10-19(15-26)11-13-22/h2-14H,16-17H2,1H3,(H,29,31). The first-order valence-electron chi connectivity index (χ1n) is 10.6. The summed E-state index contributed by atoms with van der Waals surface area (Å²) >= 11 is 1.29. The molecule has 0 bridgehead atoms. The number of nitrogens with one attached hydrogen (secondary N) is 1. The van der Waals surface area contributed by atoms with Crippen LogP contribution >= 0.6 is 11.3 Å². The molecule has 2 aromatic heterocycles. The lowest BCUT2D eigenvalue weighted by Crippen LogP contribution is -2.32. The van der Waals surface area contributed by atoms with Crippen LogP contribution in [0.5, 0.6) is 0 Å². The summed E-state index contributed by atoms with van der Waals surface area (Å²) in [5, 5.41) is 9.67. The Hall–Kier alpha value is -4.07. The third-order valence-corrected chi connectivity index (χ3v) is 7.20. The Bertz CT molecular complexity index is 1460. The average Bonchev–Trinajstić information content (AvgIpc) is 3.25. The summed E-state index contributed by atoms with van der Waals surface area (Å²) in [6.07, 6.45) is 1.49. The molecule has 0 aliphatic rings. The zero-order valence-corrected chi connectivity index (χ0v) is 20.4. The molecule has 35 heavy (non-hydrogen) atoms. The average molecular weight is 504 g/mol. The van der Waals surface area contributed by atoms with E-state index < -0.39 is 21.7 Å². The SMILES string of the molecule is Cc1sc(N(Cc2ccccc2)c2ccc(C#N)cc2)nc1C(=O)NS(=O)(=O)Cc1ccccn1. The molecule has 176 valence electrons. The number of nitriles is 1. The van der Waals surface area contributed by atoms with Crippen molar-refractivity contribution in [2.24, 2.45) is 0 Å². The van der Waals surface area contributed by atoms with E-state index >= 15 is 0 Å². The van der Waals surface area contributed by atoms with Crippen molar-refractivity contribution in [2.75, 3.05) is 4.90 Å². The summed E-state index contributed by atoms with van der Waals surface area (Å²) in [6.45, 7) is 2.19. The Morgan fingerprint density at radius 1 is 1.06 bits per heavy atom. The highest BCUT2D eigenvalue weighted by molar-refractivity contribution is 7.89. The number of thiazole rings is 1. The van der Waals surface area contributed by atoms with Crippen molar-refractivity contribution in [3.8, 4) is 6.07 Å². The van der Waals surface area contributed by atoms with Crippen molar-refractivity contribution in [1.82, 2.24) is 14.7 Å². The normalized spacial score (nSPS) is 11.0. The van der Waals surface area contributed by atoms with Gasteiger partial charge in [-0.15, -0.1) is 11.3 Å². The molecule has 0 atom stereocenters. The molecule has 2 heterocycles. The van der Waals surface area contributed by atoms with Gasteiger partial charge in [-0.2, -0.15) is 5.26 Å². The van der Waals surface area contributed by atoms with E-state index in [-0.39, 0.29) is 5.69 Å². The van der Waals surface area contributed by atoms with Gasteiger partial charge in [0.25, 0.3) is 5.91 Å². The lowest BCUT2D eigenvalue weighted by atomic mass is 10.2. The van der Waals surface area contributed by atoms with Crippen LogP contribution in [0.2, 0.25) is 0 Å². The molecule has 0 fully saturated rings. The fourth-order valence-corrected chi connectivity index (χ4v) is 5.30. The first-order chi connectivity index (χ1) is 16.8. The van der Waals surface area contributed by atoms with Crippen LogP contribution in [-0.2, 0) is 22.3 Å². The fourth-order valence-electron chi connectivity index (χ4n) is 3.36. The minimum absolute atomic E-state index is 0.0429. The zero-order valence-electron chi connectivity index (χ0n) is 18.7. The third kappa shape index (κ3) is 6.09. The number of amides is 1. The van der Waals surface area contributed by atoms with Crippen LogP contribution in [0.25, 0.3) is 0 Å². The quantitative estimate of drug-likeness (QED) is 0.381. The minimum Gasteiger partial charge on any atom is -0.313 e. The Kier molecular flexibility index (Phi) is 7.19. The Labute approximate surface area is 207 Å². The van der Waals surface area contributed by atoms with Crippen molar-refractivity contribution in [1.29, 1.82) is 5.26 Å². The van der Waals surface area contributed by atoms with Crippen LogP contribution in [0, 0.1) is 18.3 Å². The van der Waals surface area contributed by atoms with E-state index in [4.69, 9.17) is 5.26 Å². The number of hydrogen-bond donors (Lipinski definition) is 1. The molecule has 0 spiro atoms. The fraction of sp³-hybridized carbons (Fsp3) is 0.120. The van der Waals surface area contributed by atoms with Gasteiger partial charge in [0.05, 0.1) is 23.9 Å². The van der Waals surface area contributed by atoms with Crippen LogP contribution in [0.4, 0.5) is 10.8 Å². The first kappa shape index (κ1) is 24.1. The maximum Gasteiger partial charge on any atom is 0.284 e. The molecule has 4 rings (SSSR count). The number of pyridine rings is 1. The number of nitrogens with zero attached hydrogens (tertiary/aromatic N) is 4. The molecule has 2 aromatic carbocycles. The summed E-state index contributed by atoms with van der Waals surface area (Å²) in [5.74, 6) is -1.21. The number of anilines is 2. The highest BCUT2D eigenvalue weighted by Crippen LogP contribution is 2.33. The predicted molar refractivity (Wildman–Crippen MR) is 135 cm³/mol. The van der Waals surface area contributed by atoms with Crippen molar-refractivity contribution in [2.45, 2.75) is 19.2 Å². The van der Waals surface area contributed by atoms with Gasteiger partial charge in [-0.1, -0.05) is 36.4 Å². The van der Waals surface area contributed by atoms with Crippen molar-refractivity contribution >= 4 is 38.1 Å². The molecule has 0 saturated heterocycles. The number of rotatable bonds is 8. The summed E-state index contributed by atoms with van der Waals surface area (Å²) in [5.41, 5.74) is 2.71. The van der Waals surface area contributed by atoms with Gasteiger partial charge in [-0.3, -0.25) is 9.78 Å². The number of sulfonamides is 1. The summed E-state index contributed by atoms with van der Waals surface area (Å²) < 4.78 is 27.2. The van der Waals surface area contributed by atoms with E-state index in [0.717, 1.165) is 11.3 Å². The molecule has 8 nitrogen and oxygen atoms in total. The van der Waals surface area contributed by atoms with Crippen LogP contribution in [0.15, 0.2) is 79.0 Å². The van der Waals surface area contributed by atoms with Gasteiger partial charge in [0.1, 0.15) is 11.4 Å². The van der Waals surface area contributed by atoms with E-state index in [1.807, 2.05) is 47.4 Å². The van der Waals surface area contributed by atoms with E-state index in [0.29, 0.717) is 27.8 Å². The molecule has 1 N–H and O–H groups in total. The Morgan fingerprint density at radius 3 is 2.43 bits per heavy atom. The monoisotopic (exact) mass is 503 g/mol. The number of hydrogen-bond acceptors (Lipinski definition) is 8. The van der Waals surface area contributed by atoms with Gasteiger partial charge in [-0.25, -0.2) is 18.1 Å². The van der Waals surface area contributed by atoms with Gasteiger partial charge in [0, 0.05) is 16.8 Å². The molecule has 0 aliphatic heterocycles. The number of carbonyl (C=O) groups excluding carboxylic acids is 1. The van der Waals surface area contributed by atoms with Crippen LogP contribution in [-0.4, -0.2) is 24.3 Å². The van der Waals surface area contributed by atoms with Gasteiger partial charge in [0.2, 0.25) is 10.0 Å². The highest BCUT2D eigenvalue weighted by atomic mass is 32.2. The number of benzene rings is 2. The number of carbonyl (C=O) groups is 1. The molecular formula is C25H21N5O3S2. The third-order valence-electron chi connectivity index (χ3n) is 5.04. The number of aryl methyl sites for hydroxylation is 1. The van der Waals surface area contributed by atoms with Crippen LogP contribution < -0.4 is 9.62 Å². The molecular weight excluding hydrogens is 482 g/mol. The maximum absolute atomic E-state index is 12.9. The minimum atomic E-state index is -3.96. The summed E-state index contributed by atoms with van der Waals surface area (Å²) in [6, 6.07) is 23.9. The van der Waals surface area contributed by atoms with Crippen LogP contribution in [0.3, 0.4) is 0 Å². The topological polar surface area (TPSA) is 116 Å². The lowest BCUT2D eigenvalue weighted by molar-refractivity contribution is 0.0976. The summed E-state index contributed by atoms with van der Waals surface area (Å²) in [7, 11) is -3.96. The molecule has 0 aliphatic carbocycles. The van der Waals surface area contributed by atoms with Gasteiger partial charge < -0.3 is 4.90 Å². The van der Waals surface area contributed by atoms with Gasteiger partial charge in [-0.05, 0) is 48.9 Å². The zero-order chi connectivity index (χ0) is 24.8. The smallest absolute Gasteiger partial charge is 0.284 e. The van der Waals surface area contributed by atoms with E-state index in [2.05, 4.69) is 20.8 Å². The molecule has 0 unspecified atom stereocenters. The lowest BCUT2D eigenvalue weighted by Gasteiger charge is -2.22. The van der Waals surface area contributed by atoms with E-state index in [9.17, 15) is 13.2 Å². The number of aromatic nitrogens is 2. The first-order valence-corrected chi connectivity index (χ1v) is 13.1. The second-order valence-corrected chi connectivity index (χ2v) is 10.5. The molecule has 1 amide bonds. The molecule has 10 heteroatoms. The van der Waals surface area contributed by atoms with Crippen molar-refractivity contribution in [3.63, 3.8) is 0 Å². The largest absolute Gasteiger partial charge is 0.313 e. The maximum atomic E-state index is 12.9. The van der Waals surface area contributed by atoms with Crippen molar-refractivity contribution < 1.29 is 13.2 Å². The molecule has 0 radical (unpaired) electrons. The second-order valence-electron chi connectivity index (χ2n) is 7.64. The van der Waals surface area contributed by atoms with Crippen molar-refractivity contribution in [3.05, 3.63) is 106 Å². The Morgan fingerprint density at radius 2 is 1.77 bits per heavy atom. The molecule has 0 saturated carbocycles. The van der Waals surface area contributed by atoms with Crippen LogP contribution in [0.1, 0.15) is 32.2 Å². The second kappa shape index (κ2) is 10.5. The molecule has 4 aromatic rings. The van der Waals surface area contributed by atoms with E-state index in [1.54, 1.807) is 37.3 Å². The van der Waals surface area contributed by atoms with Gasteiger partial charge in [0.15, 0.2) is 5.13 Å². The van der Waals surface area contributed by atoms with Gasteiger partial charge >= 0.3 is 0 Å². The summed E-state index contributed by atoms with van der Waals surface area (Å²) in [4.78, 5) is 23.9.